The van der Waals surface area contributed by atoms with E-state index in [1.165, 1.54) is 0 Å². The van der Waals surface area contributed by atoms with Crippen LogP contribution in [0.15, 0.2) is 27.6 Å². The highest BCUT2D eigenvalue weighted by Gasteiger charge is 2.00. The zero-order chi connectivity index (χ0) is 9.14. The quantitative estimate of drug-likeness (QED) is 0.752. The first kappa shape index (κ1) is 10.4. The van der Waals surface area contributed by atoms with Crippen molar-refractivity contribution in [2.24, 2.45) is 0 Å². The Morgan fingerprint density at radius 2 is 2.08 bits per heavy atom. The summed E-state index contributed by atoms with van der Waals surface area (Å²) in [4.78, 5) is 1.15. The molecule has 1 rings (SSSR count). The van der Waals surface area contributed by atoms with Crippen LogP contribution in [0, 0.1) is 0 Å². The summed E-state index contributed by atoms with van der Waals surface area (Å²) in [6.07, 6.45) is 0. The molecule has 1 aromatic rings. The number of hydrogen-bond donors (Lipinski definition) is 0. The van der Waals surface area contributed by atoms with Crippen LogP contribution in [-0.2, 0) is 0 Å². The van der Waals surface area contributed by atoms with Gasteiger partial charge in [0.15, 0.2) is 0 Å². The van der Waals surface area contributed by atoms with Crippen LogP contribution in [0.25, 0.3) is 0 Å². The predicted molar refractivity (Wildman–Crippen MR) is 58.7 cm³/mol. The van der Waals surface area contributed by atoms with Crippen LogP contribution >= 0.6 is 39.5 Å². The van der Waals surface area contributed by atoms with Crippen LogP contribution in [0.4, 0.5) is 0 Å². The maximum absolute atomic E-state index is 5.92. The van der Waals surface area contributed by atoms with Gasteiger partial charge in [0.1, 0.15) is 0 Å². The third-order valence-corrected chi connectivity index (χ3v) is 3.24. The lowest BCUT2D eigenvalue weighted by atomic mass is 10.4. The fraction of sp³-hybridized carbons (Fsp3) is 0.250. The lowest BCUT2D eigenvalue weighted by Crippen LogP contribution is -1.98. The monoisotopic (exact) mass is 265 g/mol. The van der Waals surface area contributed by atoms with Crippen molar-refractivity contribution >= 4 is 39.5 Å². The summed E-state index contributed by atoms with van der Waals surface area (Å²) in [5.41, 5.74) is 0. The second-order valence-corrected chi connectivity index (χ2v) is 5.13. The molecule has 12 heavy (non-hydrogen) atoms. The Hall–Kier alpha value is 0.300. The van der Waals surface area contributed by atoms with Gasteiger partial charge in [-0.25, -0.2) is 0 Å². The van der Waals surface area contributed by atoms with Crippen molar-refractivity contribution in [1.82, 2.24) is 4.31 Å². The van der Waals surface area contributed by atoms with Gasteiger partial charge in [0.2, 0.25) is 0 Å². The van der Waals surface area contributed by atoms with E-state index >= 15 is 0 Å². The molecule has 0 N–H and O–H groups in total. The summed E-state index contributed by atoms with van der Waals surface area (Å²) in [6, 6.07) is 5.92. The lowest BCUT2D eigenvalue weighted by molar-refractivity contribution is 0.702. The molecule has 0 saturated heterocycles. The highest BCUT2D eigenvalue weighted by molar-refractivity contribution is 9.10. The third-order valence-electron chi connectivity index (χ3n) is 1.18. The summed E-state index contributed by atoms with van der Waals surface area (Å²) < 4.78 is 2.96. The van der Waals surface area contributed by atoms with Crippen molar-refractivity contribution in [3.8, 4) is 0 Å². The molecule has 0 aromatic heterocycles. The SMILES string of the molecule is CN(C)Sc1ccc(Br)c(Cl)c1. The van der Waals surface area contributed by atoms with Crippen LogP contribution in [0.5, 0.6) is 0 Å². The Morgan fingerprint density at radius 1 is 1.42 bits per heavy atom. The summed E-state index contributed by atoms with van der Waals surface area (Å²) in [6.45, 7) is 0. The van der Waals surface area contributed by atoms with Gasteiger partial charge in [-0.1, -0.05) is 11.6 Å². The minimum absolute atomic E-state index is 0.752. The van der Waals surface area contributed by atoms with E-state index < -0.39 is 0 Å². The molecule has 0 radical (unpaired) electrons. The molecule has 1 aromatic carbocycles. The zero-order valence-electron chi connectivity index (χ0n) is 6.84. The van der Waals surface area contributed by atoms with E-state index in [4.69, 9.17) is 11.6 Å². The maximum atomic E-state index is 5.92. The molecule has 0 spiro atoms. The van der Waals surface area contributed by atoms with Crippen LogP contribution in [-0.4, -0.2) is 18.4 Å². The number of benzene rings is 1. The molecule has 0 atom stereocenters. The average molecular weight is 267 g/mol. The predicted octanol–water partition coefficient (Wildman–Crippen LogP) is 3.67. The van der Waals surface area contributed by atoms with Crippen LogP contribution in [0.1, 0.15) is 0 Å². The lowest BCUT2D eigenvalue weighted by Gasteiger charge is -2.08. The smallest absolute Gasteiger partial charge is 0.0559 e. The Morgan fingerprint density at radius 3 is 2.58 bits per heavy atom. The summed E-state index contributed by atoms with van der Waals surface area (Å²) in [5.74, 6) is 0. The molecule has 1 nitrogen and oxygen atoms in total. The van der Waals surface area contributed by atoms with Crippen LogP contribution in [0.3, 0.4) is 0 Å². The number of hydrogen-bond acceptors (Lipinski definition) is 2. The van der Waals surface area contributed by atoms with Gasteiger partial charge in [-0.3, -0.25) is 4.31 Å². The van der Waals surface area contributed by atoms with E-state index in [0.717, 1.165) is 14.4 Å². The highest BCUT2D eigenvalue weighted by Crippen LogP contribution is 2.28. The van der Waals surface area contributed by atoms with Gasteiger partial charge in [0.25, 0.3) is 0 Å². The summed E-state index contributed by atoms with van der Waals surface area (Å²) in [7, 11) is 4.00. The van der Waals surface area contributed by atoms with Crippen molar-refractivity contribution in [1.29, 1.82) is 0 Å². The molecule has 0 aliphatic rings. The summed E-state index contributed by atoms with van der Waals surface area (Å²) in [5, 5.41) is 0.752. The topological polar surface area (TPSA) is 3.24 Å². The third kappa shape index (κ3) is 2.98. The van der Waals surface area contributed by atoms with Gasteiger partial charge in [-0.2, -0.15) is 0 Å². The largest absolute Gasteiger partial charge is 0.253 e. The fourth-order valence-electron chi connectivity index (χ4n) is 0.744. The second kappa shape index (κ2) is 4.51. The van der Waals surface area contributed by atoms with E-state index in [0.29, 0.717) is 0 Å². The molecule has 0 bridgehead atoms. The molecule has 0 fully saturated rings. The number of nitrogens with zero attached hydrogens (tertiary/aromatic N) is 1. The van der Waals surface area contributed by atoms with Gasteiger partial charge >= 0.3 is 0 Å². The Balaban J connectivity index is 2.82. The Kier molecular flexibility index (Phi) is 3.90. The zero-order valence-corrected chi connectivity index (χ0v) is 10.0. The van der Waals surface area contributed by atoms with Crippen molar-refractivity contribution < 1.29 is 0 Å². The van der Waals surface area contributed by atoms with Crippen LogP contribution < -0.4 is 0 Å². The van der Waals surface area contributed by atoms with E-state index in [1.54, 1.807) is 11.9 Å². The van der Waals surface area contributed by atoms with Crippen LogP contribution in [0.2, 0.25) is 5.02 Å². The molecule has 0 heterocycles. The number of halogens is 2. The molecule has 66 valence electrons. The van der Waals surface area contributed by atoms with E-state index in [9.17, 15) is 0 Å². The molecule has 0 unspecified atom stereocenters. The standard InChI is InChI=1S/C8H9BrClNS/c1-11(2)12-6-3-4-7(9)8(10)5-6/h3-5H,1-2H3. The van der Waals surface area contributed by atoms with Gasteiger partial charge in [-0.05, 0) is 60.2 Å². The Bertz CT molecular complexity index is 278. The van der Waals surface area contributed by atoms with Gasteiger partial charge in [-0.15, -0.1) is 0 Å². The molecule has 0 amide bonds. The first-order valence-corrected chi connectivity index (χ1v) is 5.34. The minimum Gasteiger partial charge on any atom is -0.253 e. The van der Waals surface area contributed by atoms with Gasteiger partial charge in [0.05, 0.1) is 5.02 Å². The van der Waals surface area contributed by atoms with Gasteiger partial charge in [0, 0.05) is 9.37 Å². The van der Waals surface area contributed by atoms with Crippen molar-refractivity contribution in [2.75, 3.05) is 14.1 Å². The molecule has 4 heteroatoms. The first-order chi connectivity index (χ1) is 5.59. The molecular formula is C8H9BrClNS. The fourth-order valence-corrected chi connectivity index (χ4v) is 1.96. The van der Waals surface area contributed by atoms with Crippen molar-refractivity contribution in [2.45, 2.75) is 4.90 Å². The minimum atomic E-state index is 0.752. The maximum Gasteiger partial charge on any atom is 0.0559 e. The van der Waals surface area contributed by atoms with Gasteiger partial charge < -0.3 is 0 Å². The molecule has 0 aliphatic heterocycles. The van der Waals surface area contributed by atoms with Crippen molar-refractivity contribution in [3.63, 3.8) is 0 Å². The normalized spacial score (nSPS) is 10.8. The number of rotatable bonds is 2. The first-order valence-electron chi connectivity index (χ1n) is 3.40. The Labute approximate surface area is 90.4 Å². The highest BCUT2D eigenvalue weighted by atomic mass is 79.9. The molecular weight excluding hydrogens is 258 g/mol. The second-order valence-electron chi connectivity index (χ2n) is 2.48. The molecule has 0 aliphatic carbocycles. The average Bonchev–Trinajstić information content (AvgIpc) is 1.96. The molecule has 0 saturated carbocycles. The summed E-state index contributed by atoms with van der Waals surface area (Å²) >= 11 is 10.9. The van der Waals surface area contributed by atoms with E-state index in [-0.39, 0.29) is 0 Å². The van der Waals surface area contributed by atoms with E-state index in [1.807, 2.05) is 36.6 Å². The van der Waals surface area contributed by atoms with E-state index in [2.05, 4.69) is 15.9 Å². The van der Waals surface area contributed by atoms with Crippen molar-refractivity contribution in [3.05, 3.63) is 27.7 Å².